The zero-order valence-corrected chi connectivity index (χ0v) is 41.2. The minimum absolute atomic E-state index is 0.0599. The van der Waals surface area contributed by atoms with Crippen LogP contribution in [0.15, 0.2) is 24.3 Å². The number of unbranched alkanes of at least 4 members (excludes halogenated alkanes) is 24. The Labute approximate surface area is 398 Å². The summed E-state index contributed by atoms with van der Waals surface area (Å²) in [5, 5.41) is 72.1. The van der Waals surface area contributed by atoms with Gasteiger partial charge in [0, 0.05) is 13.0 Å². The van der Waals surface area contributed by atoms with Gasteiger partial charge in [0.05, 0.1) is 26.4 Å². The monoisotopic (exact) mass is 945 g/mol. The summed E-state index contributed by atoms with van der Waals surface area (Å²) in [5.74, 6) is -0.387. The van der Waals surface area contributed by atoms with Crippen LogP contribution in [0.3, 0.4) is 0 Å². The van der Waals surface area contributed by atoms with Gasteiger partial charge in [0.25, 0.3) is 0 Å². The zero-order valence-electron chi connectivity index (χ0n) is 41.2. The van der Waals surface area contributed by atoms with Crippen molar-refractivity contribution in [1.29, 1.82) is 0 Å². The molecular weight excluding hydrogens is 849 g/mol. The highest BCUT2D eigenvalue weighted by Crippen LogP contribution is 2.26. The molecule has 388 valence electrons. The molecule has 14 heteroatoms. The van der Waals surface area contributed by atoms with Gasteiger partial charge >= 0.3 is 5.97 Å². The molecule has 14 nitrogen and oxygen atoms in total. The van der Waals surface area contributed by atoms with Crippen LogP contribution in [0, 0.1) is 0 Å². The Morgan fingerprint density at radius 3 is 1.48 bits per heavy atom. The molecule has 0 radical (unpaired) electrons. The Hall–Kier alpha value is -1.53. The van der Waals surface area contributed by atoms with E-state index in [-0.39, 0.29) is 25.6 Å². The Kier molecular flexibility index (Phi) is 36.9. The molecule has 2 rings (SSSR count). The van der Waals surface area contributed by atoms with Crippen molar-refractivity contribution < 1.29 is 69.0 Å². The highest BCUT2D eigenvalue weighted by Gasteiger charge is 2.47. The normalized spacial score (nSPS) is 26.4. The Morgan fingerprint density at radius 2 is 0.939 bits per heavy atom. The molecule has 0 saturated carbocycles. The van der Waals surface area contributed by atoms with Crippen LogP contribution in [-0.4, -0.2) is 142 Å². The van der Waals surface area contributed by atoms with E-state index in [2.05, 4.69) is 38.2 Å². The summed E-state index contributed by atoms with van der Waals surface area (Å²) in [4.78, 5) is 13.0. The number of rotatable bonds is 42. The van der Waals surface area contributed by atoms with Crippen LogP contribution in [-0.2, 0) is 33.2 Å². The summed E-state index contributed by atoms with van der Waals surface area (Å²) >= 11 is 0. The SMILES string of the molecule is CCCCC/C=C\C/C=C\CCCCCCCC(=O)OC(COCCCCCCCCCCCCCCCCCCC)COC1OC(COC2OC(CO)C(O)C(O)C2O)C(O)C(O)C1O. The molecule has 66 heavy (non-hydrogen) atoms. The molecule has 0 aromatic rings. The van der Waals surface area contributed by atoms with Gasteiger partial charge in [-0.3, -0.25) is 4.79 Å². The van der Waals surface area contributed by atoms with Gasteiger partial charge in [0.2, 0.25) is 0 Å². The summed E-state index contributed by atoms with van der Waals surface area (Å²) in [6.07, 6.45) is 26.6. The van der Waals surface area contributed by atoms with E-state index in [0.717, 1.165) is 64.2 Å². The predicted molar refractivity (Wildman–Crippen MR) is 257 cm³/mol. The van der Waals surface area contributed by atoms with Crippen LogP contribution in [0.1, 0.15) is 200 Å². The van der Waals surface area contributed by atoms with Crippen LogP contribution < -0.4 is 0 Å². The highest BCUT2D eigenvalue weighted by molar-refractivity contribution is 5.69. The number of carbonyl (C=O) groups is 1. The van der Waals surface area contributed by atoms with E-state index in [1.165, 1.54) is 109 Å². The van der Waals surface area contributed by atoms with Gasteiger partial charge in [-0.05, 0) is 44.9 Å². The molecule has 0 aromatic heterocycles. The Morgan fingerprint density at radius 1 is 0.500 bits per heavy atom. The minimum Gasteiger partial charge on any atom is -0.457 e. The van der Waals surface area contributed by atoms with Crippen molar-refractivity contribution in [2.24, 2.45) is 0 Å². The highest BCUT2D eigenvalue weighted by atomic mass is 16.7. The van der Waals surface area contributed by atoms with Crippen LogP contribution in [0.2, 0.25) is 0 Å². The first-order chi connectivity index (χ1) is 32.1. The van der Waals surface area contributed by atoms with E-state index >= 15 is 0 Å². The van der Waals surface area contributed by atoms with Crippen molar-refractivity contribution in [3.8, 4) is 0 Å². The van der Waals surface area contributed by atoms with Gasteiger partial charge in [-0.1, -0.05) is 173 Å². The number of esters is 1. The maximum atomic E-state index is 13.0. The van der Waals surface area contributed by atoms with E-state index in [9.17, 15) is 40.5 Å². The number of hydrogen-bond acceptors (Lipinski definition) is 14. The molecule has 2 fully saturated rings. The molecule has 0 bridgehead atoms. The van der Waals surface area contributed by atoms with Gasteiger partial charge in [0.15, 0.2) is 12.6 Å². The standard InChI is InChI=1S/C52H96O14/c1-3-5-7-9-11-13-15-17-19-20-22-24-26-28-30-32-34-36-61-38-41(64-44(54)35-33-31-29-27-25-23-21-18-16-14-12-10-8-6-4-2)39-62-51-50(60)48(58)46(56)43(66-51)40-63-52-49(59)47(57)45(55)42(37-53)65-52/h12,14,18,21,41-43,45-53,55-60H,3-11,13,15-17,19-20,22-40H2,1-2H3/b14-12-,21-18-. The molecule has 0 spiro atoms. The maximum Gasteiger partial charge on any atom is 0.306 e. The lowest BCUT2D eigenvalue weighted by molar-refractivity contribution is -0.332. The molecule has 2 aliphatic heterocycles. The molecule has 11 atom stereocenters. The minimum atomic E-state index is -1.71. The van der Waals surface area contributed by atoms with Gasteiger partial charge in [0.1, 0.15) is 54.9 Å². The summed E-state index contributed by atoms with van der Waals surface area (Å²) in [6, 6.07) is 0. The first-order valence-electron chi connectivity index (χ1n) is 26.4. The third kappa shape index (κ3) is 27.6. The van der Waals surface area contributed by atoms with Crippen molar-refractivity contribution in [2.45, 2.75) is 268 Å². The fourth-order valence-corrected chi connectivity index (χ4v) is 8.37. The van der Waals surface area contributed by atoms with Crippen LogP contribution in [0.4, 0.5) is 0 Å². The quantitative estimate of drug-likeness (QED) is 0.0175. The molecule has 2 aliphatic rings. The topological polar surface area (TPSA) is 214 Å². The van der Waals surface area contributed by atoms with E-state index in [1.807, 2.05) is 0 Å². The average molecular weight is 945 g/mol. The first-order valence-corrected chi connectivity index (χ1v) is 26.4. The Balaban J connectivity index is 1.76. The lowest BCUT2D eigenvalue weighted by atomic mass is 9.98. The molecule has 0 aromatic carbocycles. The summed E-state index contributed by atoms with van der Waals surface area (Å²) in [5.41, 5.74) is 0. The fourth-order valence-electron chi connectivity index (χ4n) is 8.37. The molecule has 7 N–H and O–H groups in total. The fraction of sp³-hybridized carbons (Fsp3) is 0.904. The number of allylic oxidation sites excluding steroid dienone is 4. The molecule has 0 aliphatic carbocycles. The molecule has 2 heterocycles. The van der Waals surface area contributed by atoms with E-state index < -0.39 is 80.7 Å². The number of hydrogen-bond donors (Lipinski definition) is 7. The van der Waals surface area contributed by atoms with Crippen molar-refractivity contribution in [3.63, 3.8) is 0 Å². The van der Waals surface area contributed by atoms with Gasteiger partial charge in [-0.15, -0.1) is 0 Å². The predicted octanol–water partition coefficient (Wildman–Crippen LogP) is 8.02. The third-order valence-corrected chi connectivity index (χ3v) is 12.7. The summed E-state index contributed by atoms with van der Waals surface area (Å²) in [7, 11) is 0. The zero-order chi connectivity index (χ0) is 48.0. The number of aliphatic hydroxyl groups is 7. The second-order valence-electron chi connectivity index (χ2n) is 18.7. The second kappa shape index (κ2) is 40.2. The summed E-state index contributed by atoms with van der Waals surface area (Å²) in [6.45, 7) is 3.67. The lowest BCUT2D eigenvalue weighted by Gasteiger charge is -2.42. The van der Waals surface area contributed by atoms with E-state index in [0.29, 0.717) is 13.0 Å². The van der Waals surface area contributed by atoms with Crippen molar-refractivity contribution in [2.75, 3.05) is 33.0 Å². The largest absolute Gasteiger partial charge is 0.457 e. The van der Waals surface area contributed by atoms with Crippen molar-refractivity contribution in [1.82, 2.24) is 0 Å². The molecular formula is C52H96O14. The van der Waals surface area contributed by atoms with Crippen molar-refractivity contribution >= 4 is 5.97 Å². The third-order valence-electron chi connectivity index (χ3n) is 12.7. The van der Waals surface area contributed by atoms with E-state index in [4.69, 9.17) is 28.4 Å². The summed E-state index contributed by atoms with van der Waals surface area (Å²) < 4.78 is 34.3. The lowest BCUT2D eigenvalue weighted by Crippen LogP contribution is -2.61. The number of aliphatic hydroxyl groups excluding tert-OH is 7. The number of ether oxygens (including phenoxy) is 6. The van der Waals surface area contributed by atoms with Crippen LogP contribution >= 0.6 is 0 Å². The smallest absolute Gasteiger partial charge is 0.306 e. The molecule has 11 unspecified atom stereocenters. The average Bonchev–Trinajstić information content (AvgIpc) is 3.31. The van der Waals surface area contributed by atoms with Crippen LogP contribution in [0.5, 0.6) is 0 Å². The van der Waals surface area contributed by atoms with Crippen LogP contribution in [0.25, 0.3) is 0 Å². The van der Waals surface area contributed by atoms with Gasteiger partial charge in [-0.2, -0.15) is 0 Å². The van der Waals surface area contributed by atoms with Crippen molar-refractivity contribution in [3.05, 3.63) is 24.3 Å². The van der Waals surface area contributed by atoms with E-state index in [1.54, 1.807) is 0 Å². The number of carbonyl (C=O) groups excluding carboxylic acids is 1. The van der Waals surface area contributed by atoms with Gasteiger partial charge < -0.3 is 64.2 Å². The molecule has 0 amide bonds. The second-order valence-corrected chi connectivity index (χ2v) is 18.7. The molecule has 2 saturated heterocycles. The first kappa shape index (κ1) is 60.6. The Bertz CT molecular complexity index is 1190. The maximum absolute atomic E-state index is 13.0. The van der Waals surface area contributed by atoms with Gasteiger partial charge in [-0.25, -0.2) is 0 Å².